The van der Waals surface area contributed by atoms with Crippen molar-refractivity contribution in [2.45, 2.75) is 18.8 Å². The lowest BCUT2D eigenvalue weighted by Crippen LogP contribution is -1.90. The number of nitrogens with zero attached hydrogens (tertiary/aromatic N) is 3. The molecule has 7 heteroatoms. The van der Waals surface area contributed by atoms with Gasteiger partial charge < -0.3 is 9.26 Å². The lowest BCUT2D eigenvalue weighted by atomic mass is 10.2. The molecule has 0 atom stereocenters. The average molecular weight is 334 g/mol. The predicted molar refractivity (Wildman–Crippen MR) is 84.4 cm³/mol. The first-order valence-electron chi connectivity index (χ1n) is 6.89. The Bertz CT molecular complexity index is 826. The van der Waals surface area contributed by atoms with E-state index in [1.165, 1.54) is 12.8 Å². The summed E-state index contributed by atoms with van der Waals surface area (Å²) in [5.41, 5.74) is 0.705. The first-order chi connectivity index (χ1) is 10.8. The Balaban J connectivity index is 1.70. The van der Waals surface area contributed by atoms with Gasteiger partial charge in [0, 0.05) is 5.92 Å². The molecule has 1 aliphatic rings. The molecule has 112 valence electrons. The second-order valence-electron chi connectivity index (χ2n) is 5.08. The van der Waals surface area contributed by atoms with Crippen molar-refractivity contribution in [1.82, 2.24) is 15.1 Å². The predicted octanol–water partition coefficient (Wildman–Crippen LogP) is 4.40. The molecule has 1 fully saturated rings. The number of ether oxygens (including phenoxy) is 1. The molecule has 4 rings (SSSR count). The lowest BCUT2D eigenvalue weighted by Gasteiger charge is -2.06. The highest BCUT2D eigenvalue weighted by Crippen LogP contribution is 2.43. The maximum atomic E-state index is 6.13. The number of rotatable bonds is 4. The number of benzene rings is 1. The minimum Gasteiger partial charge on any atom is -0.494 e. The van der Waals surface area contributed by atoms with Gasteiger partial charge in [-0.2, -0.15) is 4.98 Å². The molecule has 22 heavy (non-hydrogen) atoms. The lowest BCUT2D eigenvalue weighted by molar-refractivity contribution is 0.414. The van der Waals surface area contributed by atoms with Gasteiger partial charge >= 0.3 is 0 Å². The quantitative estimate of drug-likeness (QED) is 0.708. The summed E-state index contributed by atoms with van der Waals surface area (Å²) in [5.74, 6) is 2.09. The highest BCUT2D eigenvalue weighted by atomic mass is 35.5. The third kappa shape index (κ3) is 2.38. The Kier molecular flexibility index (Phi) is 3.35. The normalized spacial score (nSPS) is 14.3. The molecule has 1 aliphatic carbocycles. The van der Waals surface area contributed by atoms with Gasteiger partial charge in [0.2, 0.25) is 5.82 Å². The van der Waals surface area contributed by atoms with Crippen molar-refractivity contribution in [1.29, 1.82) is 0 Å². The molecule has 2 heterocycles. The Morgan fingerprint density at radius 1 is 1.36 bits per heavy atom. The maximum Gasteiger partial charge on any atom is 0.269 e. The van der Waals surface area contributed by atoms with Crippen LogP contribution in [0.15, 0.2) is 28.9 Å². The first-order valence-corrected chi connectivity index (χ1v) is 8.08. The van der Waals surface area contributed by atoms with Crippen LogP contribution in [0, 0.1) is 0 Å². The van der Waals surface area contributed by atoms with Gasteiger partial charge in [-0.3, -0.25) is 0 Å². The van der Waals surface area contributed by atoms with Crippen LogP contribution in [0.2, 0.25) is 5.02 Å². The third-order valence-electron chi connectivity index (χ3n) is 3.50. The van der Waals surface area contributed by atoms with Gasteiger partial charge in [0.15, 0.2) is 0 Å². The minimum absolute atomic E-state index is 0.454. The van der Waals surface area contributed by atoms with Gasteiger partial charge in [-0.25, -0.2) is 4.98 Å². The van der Waals surface area contributed by atoms with E-state index < -0.39 is 0 Å². The van der Waals surface area contributed by atoms with Gasteiger partial charge in [0.1, 0.15) is 10.6 Å². The second kappa shape index (κ2) is 5.37. The molecular formula is C15H12ClN3O2S. The molecule has 0 spiro atoms. The molecule has 0 saturated heterocycles. The van der Waals surface area contributed by atoms with Crippen LogP contribution < -0.4 is 4.74 Å². The molecule has 3 aromatic rings. The summed E-state index contributed by atoms with van der Waals surface area (Å²) in [6.45, 7) is 0. The van der Waals surface area contributed by atoms with Crippen molar-refractivity contribution in [2.24, 2.45) is 0 Å². The number of thiazole rings is 1. The molecule has 0 unspecified atom stereocenters. The molecule has 0 N–H and O–H groups in total. The van der Waals surface area contributed by atoms with E-state index >= 15 is 0 Å². The van der Waals surface area contributed by atoms with Crippen molar-refractivity contribution >= 4 is 22.9 Å². The Hall–Kier alpha value is -1.92. The van der Waals surface area contributed by atoms with Crippen LogP contribution in [-0.4, -0.2) is 22.2 Å². The van der Waals surface area contributed by atoms with Crippen LogP contribution in [0.4, 0.5) is 0 Å². The Labute approximate surface area is 135 Å². The summed E-state index contributed by atoms with van der Waals surface area (Å²) in [7, 11) is 1.57. The second-order valence-corrected chi connectivity index (χ2v) is 6.55. The molecule has 0 radical (unpaired) electrons. The molecular weight excluding hydrogens is 322 g/mol. The third-order valence-corrected chi connectivity index (χ3v) is 4.94. The average Bonchev–Trinajstić information content (AvgIpc) is 3.07. The van der Waals surface area contributed by atoms with Gasteiger partial charge in [-0.15, -0.1) is 11.3 Å². The smallest absolute Gasteiger partial charge is 0.269 e. The van der Waals surface area contributed by atoms with Crippen molar-refractivity contribution < 1.29 is 9.26 Å². The zero-order valence-corrected chi connectivity index (χ0v) is 13.3. The monoisotopic (exact) mass is 333 g/mol. The zero-order chi connectivity index (χ0) is 15.1. The molecule has 5 nitrogen and oxygen atoms in total. The van der Waals surface area contributed by atoms with E-state index in [1.807, 2.05) is 12.1 Å². The molecule has 1 saturated carbocycles. The number of para-hydroxylation sites is 1. The number of hydrogen-bond acceptors (Lipinski definition) is 6. The number of halogens is 1. The fourth-order valence-corrected chi connectivity index (χ4v) is 3.49. The Morgan fingerprint density at radius 2 is 2.23 bits per heavy atom. The molecule has 0 bridgehead atoms. The summed E-state index contributed by atoms with van der Waals surface area (Å²) < 4.78 is 10.7. The largest absolute Gasteiger partial charge is 0.494 e. The Morgan fingerprint density at radius 3 is 3.00 bits per heavy atom. The summed E-state index contributed by atoms with van der Waals surface area (Å²) in [5, 5.41) is 5.70. The van der Waals surface area contributed by atoms with E-state index in [-0.39, 0.29) is 0 Å². The topological polar surface area (TPSA) is 61.0 Å². The minimum atomic E-state index is 0.454. The van der Waals surface area contributed by atoms with Crippen molar-refractivity contribution in [2.75, 3.05) is 7.11 Å². The van der Waals surface area contributed by atoms with Crippen molar-refractivity contribution in [3.05, 3.63) is 34.4 Å². The van der Waals surface area contributed by atoms with E-state index in [0.717, 1.165) is 9.88 Å². The SMILES string of the molecule is COc1c(Cl)cccc1-c1noc(-c2cnc(C3CC3)s2)n1. The van der Waals surface area contributed by atoms with Gasteiger partial charge in [-0.1, -0.05) is 22.8 Å². The van der Waals surface area contributed by atoms with Gasteiger partial charge in [-0.05, 0) is 25.0 Å². The van der Waals surface area contributed by atoms with E-state index in [1.54, 1.807) is 30.7 Å². The van der Waals surface area contributed by atoms with Crippen LogP contribution in [0.5, 0.6) is 5.75 Å². The molecule has 0 amide bonds. The van der Waals surface area contributed by atoms with Crippen molar-refractivity contribution in [3.63, 3.8) is 0 Å². The van der Waals surface area contributed by atoms with E-state index in [0.29, 0.717) is 34.0 Å². The summed E-state index contributed by atoms with van der Waals surface area (Å²) >= 11 is 7.74. The standard InChI is InChI=1S/C15H12ClN3O2S/c1-20-12-9(3-2-4-10(12)16)13-18-14(21-19-13)11-7-17-15(22-11)8-5-6-8/h2-4,7-8H,5-6H2,1H3. The number of aromatic nitrogens is 3. The molecule has 1 aromatic carbocycles. The number of hydrogen-bond donors (Lipinski definition) is 0. The van der Waals surface area contributed by atoms with Crippen LogP contribution in [-0.2, 0) is 0 Å². The van der Waals surface area contributed by atoms with Gasteiger partial charge in [0.25, 0.3) is 5.89 Å². The fraction of sp³-hybridized carbons (Fsp3) is 0.267. The molecule has 0 aliphatic heterocycles. The van der Waals surface area contributed by atoms with E-state index in [4.69, 9.17) is 20.9 Å². The highest BCUT2D eigenvalue weighted by Gasteiger charge is 2.27. The summed E-state index contributed by atoms with van der Waals surface area (Å²) in [4.78, 5) is 9.77. The van der Waals surface area contributed by atoms with E-state index in [9.17, 15) is 0 Å². The first kappa shape index (κ1) is 13.7. The zero-order valence-electron chi connectivity index (χ0n) is 11.7. The van der Waals surface area contributed by atoms with Crippen molar-refractivity contribution in [3.8, 4) is 27.9 Å². The van der Waals surface area contributed by atoms with Crippen LogP contribution >= 0.6 is 22.9 Å². The summed E-state index contributed by atoms with van der Waals surface area (Å²) in [6, 6.07) is 5.44. The maximum absolute atomic E-state index is 6.13. The number of methoxy groups -OCH3 is 1. The van der Waals surface area contributed by atoms with Crippen LogP contribution in [0.3, 0.4) is 0 Å². The summed E-state index contributed by atoms with van der Waals surface area (Å²) in [6.07, 6.45) is 4.24. The van der Waals surface area contributed by atoms with Gasteiger partial charge in [0.05, 0.1) is 28.9 Å². The van der Waals surface area contributed by atoms with Crippen LogP contribution in [0.25, 0.3) is 22.2 Å². The highest BCUT2D eigenvalue weighted by molar-refractivity contribution is 7.15. The fourth-order valence-electron chi connectivity index (χ4n) is 2.23. The van der Waals surface area contributed by atoms with Crippen LogP contribution in [0.1, 0.15) is 23.8 Å². The van der Waals surface area contributed by atoms with E-state index in [2.05, 4.69) is 15.1 Å². The molecule has 2 aromatic heterocycles.